The quantitative estimate of drug-likeness (QED) is 0.791. The summed E-state index contributed by atoms with van der Waals surface area (Å²) < 4.78 is 2.01. The minimum Gasteiger partial charge on any atom is -0.317 e. The molecule has 1 aromatic heterocycles. The van der Waals surface area contributed by atoms with Gasteiger partial charge in [0.05, 0.1) is 6.54 Å². The number of rotatable bonds is 5. The van der Waals surface area contributed by atoms with Gasteiger partial charge in [-0.05, 0) is 25.5 Å². The Balaban J connectivity index is 1.75. The lowest BCUT2D eigenvalue weighted by Crippen LogP contribution is -2.19. The van der Waals surface area contributed by atoms with Crippen molar-refractivity contribution in [1.29, 1.82) is 0 Å². The molecule has 1 aromatic carbocycles. The molecule has 0 saturated heterocycles. The summed E-state index contributed by atoms with van der Waals surface area (Å²) in [5.41, 5.74) is 1.36. The van der Waals surface area contributed by atoms with Crippen LogP contribution >= 0.6 is 0 Å². The van der Waals surface area contributed by atoms with Gasteiger partial charge in [0.15, 0.2) is 0 Å². The van der Waals surface area contributed by atoms with Crippen LogP contribution in [0.3, 0.4) is 0 Å². The van der Waals surface area contributed by atoms with Crippen molar-refractivity contribution < 1.29 is 0 Å². The Morgan fingerprint density at radius 2 is 1.94 bits per heavy atom. The number of nitrogens with one attached hydrogen (secondary N) is 1. The maximum absolute atomic E-state index is 4.11. The summed E-state index contributed by atoms with van der Waals surface area (Å²) in [7, 11) is 1.99. The highest BCUT2D eigenvalue weighted by Gasteiger charge is 2.03. The number of hydrogen-bond donors (Lipinski definition) is 1. The van der Waals surface area contributed by atoms with Crippen molar-refractivity contribution in [3.8, 4) is 0 Å². The number of aromatic nitrogens is 3. The monoisotopic (exact) mass is 230 g/mol. The molecule has 0 unspecified atom stereocenters. The third-order valence-electron chi connectivity index (χ3n) is 2.90. The third kappa shape index (κ3) is 3.14. The van der Waals surface area contributed by atoms with Gasteiger partial charge in [-0.1, -0.05) is 30.3 Å². The van der Waals surface area contributed by atoms with Crippen molar-refractivity contribution in [2.24, 2.45) is 7.05 Å². The van der Waals surface area contributed by atoms with Crippen LogP contribution in [0.4, 0.5) is 0 Å². The van der Waals surface area contributed by atoms with Gasteiger partial charge in [-0.2, -0.15) is 0 Å². The first-order valence-corrected chi connectivity index (χ1v) is 5.87. The molecule has 0 bridgehead atoms. The molecule has 2 aromatic rings. The minimum absolute atomic E-state index is 0.768. The summed E-state index contributed by atoms with van der Waals surface area (Å²) >= 11 is 0. The van der Waals surface area contributed by atoms with Crippen molar-refractivity contribution >= 4 is 0 Å². The second kappa shape index (κ2) is 5.59. The van der Waals surface area contributed by atoms with E-state index < -0.39 is 0 Å². The van der Waals surface area contributed by atoms with Gasteiger partial charge in [-0.25, -0.2) is 0 Å². The van der Waals surface area contributed by atoms with E-state index >= 15 is 0 Å². The lowest BCUT2D eigenvalue weighted by atomic mass is 10.1. The van der Waals surface area contributed by atoms with Gasteiger partial charge in [0.1, 0.15) is 11.6 Å². The molecule has 17 heavy (non-hydrogen) atoms. The van der Waals surface area contributed by atoms with Crippen molar-refractivity contribution in [2.75, 3.05) is 6.54 Å². The largest absolute Gasteiger partial charge is 0.317 e. The highest BCUT2D eigenvalue weighted by molar-refractivity contribution is 5.14. The molecule has 0 aliphatic heterocycles. The smallest absolute Gasteiger partial charge is 0.146 e. The molecule has 90 valence electrons. The normalized spacial score (nSPS) is 10.7. The maximum atomic E-state index is 4.11. The molecule has 0 atom stereocenters. The van der Waals surface area contributed by atoms with Crippen LogP contribution in [0.1, 0.15) is 17.2 Å². The molecule has 0 aliphatic rings. The fourth-order valence-electron chi connectivity index (χ4n) is 1.68. The van der Waals surface area contributed by atoms with Gasteiger partial charge in [-0.3, -0.25) is 0 Å². The SMILES string of the molecule is Cc1nnc(CNCCc2ccccc2)n1C. The summed E-state index contributed by atoms with van der Waals surface area (Å²) in [5.74, 6) is 1.93. The Kier molecular flexibility index (Phi) is 3.88. The second-order valence-corrected chi connectivity index (χ2v) is 4.13. The zero-order chi connectivity index (χ0) is 12.1. The van der Waals surface area contributed by atoms with Gasteiger partial charge >= 0.3 is 0 Å². The Labute approximate surface area is 102 Å². The summed E-state index contributed by atoms with van der Waals surface area (Å²) in [6.07, 6.45) is 1.04. The Morgan fingerprint density at radius 3 is 2.59 bits per heavy atom. The van der Waals surface area contributed by atoms with E-state index in [9.17, 15) is 0 Å². The van der Waals surface area contributed by atoms with E-state index in [1.165, 1.54) is 5.56 Å². The molecule has 4 heteroatoms. The van der Waals surface area contributed by atoms with E-state index in [1.807, 2.05) is 24.6 Å². The van der Waals surface area contributed by atoms with Crippen molar-refractivity contribution in [3.63, 3.8) is 0 Å². The topological polar surface area (TPSA) is 42.7 Å². The fraction of sp³-hybridized carbons (Fsp3) is 0.385. The third-order valence-corrected chi connectivity index (χ3v) is 2.90. The molecule has 0 aliphatic carbocycles. The van der Waals surface area contributed by atoms with Crippen molar-refractivity contribution in [3.05, 3.63) is 47.5 Å². The average Bonchev–Trinajstić information content (AvgIpc) is 2.67. The number of aryl methyl sites for hydroxylation is 1. The Bertz CT molecular complexity index is 462. The molecule has 2 rings (SSSR count). The van der Waals surface area contributed by atoms with Crippen LogP contribution in [-0.2, 0) is 20.0 Å². The van der Waals surface area contributed by atoms with Crippen LogP contribution in [0.15, 0.2) is 30.3 Å². The first kappa shape index (κ1) is 11.8. The van der Waals surface area contributed by atoms with Gasteiger partial charge in [0.2, 0.25) is 0 Å². The predicted molar refractivity (Wildman–Crippen MR) is 67.6 cm³/mol. The second-order valence-electron chi connectivity index (χ2n) is 4.13. The minimum atomic E-state index is 0.768. The molecule has 0 spiro atoms. The molecule has 0 radical (unpaired) electrons. The Hall–Kier alpha value is -1.68. The maximum Gasteiger partial charge on any atom is 0.146 e. The van der Waals surface area contributed by atoms with Crippen molar-refractivity contribution in [2.45, 2.75) is 19.9 Å². The van der Waals surface area contributed by atoms with Gasteiger partial charge in [-0.15, -0.1) is 10.2 Å². The van der Waals surface area contributed by atoms with E-state index in [0.29, 0.717) is 0 Å². The lowest BCUT2D eigenvalue weighted by Gasteiger charge is -2.04. The first-order chi connectivity index (χ1) is 8.27. The van der Waals surface area contributed by atoms with Crippen LogP contribution in [-0.4, -0.2) is 21.3 Å². The van der Waals surface area contributed by atoms with E-state index in [-0.39, 0.29) is 0 Å². The zero-order valence-corrected chi connectivity index (χ0v) is 10.3. The van der Waals surface area contributed by atoms with Crippen LogP contribution in [0.5, 0.6) is 0 Å². The number of hydrogen-bond acceptors (Lipinski definition) is 3. The van der Waals surface area contributed by atoms with Crippen molar-refractivity contribution in [1.82, 2.24) is 20.1 Å². The summed E-state index contributed by atoms with van der Waals surface area (Å²) in [6.45, 7) is 3.68. The number of nitrogens with zero attached hydrogens (tertiary/aromatic N) is 3. The first-order valence-electron chi connectivity index (χ1n) is 5.87. The van der Waals surface area contributed by atoms with Crippen LogP contribution in [0.2, 0.25) is 0 Å². The highest BCUT2D eigenvalue weighted by atomic mass is 15.3. The van der Waals surface area contributed by atoms with Gasteiger partial charge < -0.3 is 9.88 Å². The molecule has 1 heterocycles. The zero-order valence-electron chi connectivity index (χ0n) is 10.3. The summed E-state index contributed by atoms with van der Waals surface area (Å²) in [4.78, 5) is 0. The molecule has 0 fully saturated rings. The van der Waals surface area contributed by atoms with Gasteiger partial charge in [0.25, 0.3) is 0 Å². The van der Waals surface area contributed by atoms with E-state index in [4.69, 9.17) is 0 Å². The molecular formula is C13H18N4. The van der Waals surface area contributed by atoms with E-state index in [1.54, 1.807) is 0 Å². The van der Waals surface area contributed by atoms with Crippen LogP contribution < -0.4 is 5.32 Å². The molecule has 0 amide bonds. The summed E-state index contributed by atoms with van der Waals surface area (Å²) in [6, 6.07) is 10.5. The molecule has 4 nitrogen and oxygen atoms in total. The fourth-order valence-corrected chi connectivity index (χ4v) is 1.68. The van der Waals surface area contributed by atoms with Crippen LogP contribution in [0, 0.1) is 6.92 Å². The van der Waals surface area contributed by atoms with E-state index in [0.717, 1.165) is 31.2 Å². The standard InChI is InChI=1S/C13H18N4/c1-11-15-16-13(17(11)2)10-14-9-8-12-6-4-3-5-7-12/h3-7,14H,8-10H2,1-2H3. The molecule has 0 saturated carbocycles. The van der Waals surface area contributed by atoms with Gasteiger partial charge in [0, 0.05) is 7.05 Å². The lowest BCUT2D eigenvalue weighted by molar-refractivity contribution is 0.633. The van der Waals surface area contributed by atoms with E-state index in [2.05, 4.69) is 39.8 Å². The highest BCUT2D eigenvalue weighted by Crippen LogP contribution is 1.99. The molecule has 1 N–H and O–H groups in total. The Morgan fingerprint density at radius 1 is 1.18 bits per heavy atom. The summed E-state index contributed by atoms with van der Waals surface area (Å²) in [5, 5.41) is 11.5. The predicted octanol–water partition coefficient (Wildman–Crippen LogP) is 1.46. The molecular weight excluding hydrogens is 212 g/mol. The number of benzene rings is 1. The van der Waals surface area contributed by atoms with Crippen LogP contribution in [0.25, 0.3) is 0 Å². The average molecular weight is 230 g/mol.